The molecular formula is C22H26N4O2. The zero-order chi connectivity index (χ0) is 19.1. The Kier molecular flexibility index (Phi) is 4.22. The number of amides is 2. The lowest BCUT2D eigenvalue weighted by molar-refractivity contribution is -0.122. The van der Waals surface area contributed by atoms with E-state index in [2.05, 4.69) is 33.7 Å². The minimum Gasteiger partial charge on any atom is -0.355 e. The van der Waals surface area contributed by atoms with Crippen molar-refractivity contribution in [3.05, 3.63) is 53.3 Å². The van der Waals surface area contributed by atoms with Crippen molar-refractivity contribution in [3.8, 4) is 0 Å². The number of likely N-dealkylation sites (tertiary alicyclic amines) is 1. The molecule has 146 valence electrons. The molecule has 6 heteroatoms. The van der Waals surface area contributed by atoms with Crippen LogP contribution >= 0.6 is 0 Å². The highest BCUT2D eigenvalue weighted by Crippen LogP contribution is 2.51. The maximum absolute atomic E-state index is 12.9. The molecule has 2 N–H and O–H groups in total. The molecule has 0 unspecified atom stereocenters. The van der Waals surface area contributed by atoms with E-state index in [0.717, 1.165) is 25.8 Å². The van der Waals surface area contributed by atoms with Crippen molar-refractivity contribution in [2.75, 3.05) is 19.6 Å². The van der Waals surface area contributed by atoms with E-state index >= 15 is 0 Å². The first-order chi connectivity index (χ1) is 13.7. The first-order valence-corrected chi connectivity index (χ1v) is 10.3. The molecule has 1 atom stereocenters. The van der Waals surface area contributed by atoms with Gasteiger partial charge in [-0.1, -0.05) is 24.3 Å². The molecule has 5 rings (SSSR count). The Morgan fingerprint density at radius 1 is 1.18 bits per heavy atom. The number of hydrogen-bond acceptors (Lipinski definition) is 3. The van der Waals surface area contributed by atoms with Crippen LogP contribution in [0.4, 0.5) is 0 Å². The number of benzene rings is 1. The summed E-state index contributed by atoms with van der Waals surface area (Å²) in [6.07, 6.45) is 6.75. The molecule has 2 heterocycles. The Hall–Kier alpha value is -2.63. The largest absolute Gasteiger partial charge is 0.355 e. The third-order valence-electron chi connectivity index (χ3n) is 6.82. The summed E-state index contributed by atoms with van der Waals surface area (Å²) in [7, 11) is 0. The highest BCUT2D eigenvalue weighted by atomic mass is 16.2. The third-order valence-corrected chi connectivity index (χ3v) is 6.82. The van der Waals surface area contributed by atoms with E-state index in [4.69, 9.17) is 0 Å². The van der Waals surface area contributed by atoms with Crippen LogP contribution in [-0.2, 0) is 10.2 Å². The number of nitrogens with one attached hydrogen (secondary N) is 2. The van der Waals surface area contributed by atoms with E-state index in [1.54, 1.807) is 12.3 Å². The van der Waals surface area contributed by atoms with Gasteiger partial charge in [-0.3, -0.25) is 14.7 Å². The summed E-state index contributed by atoms with van der Waals surface area (Å²) >= 11 is 0. The zero-order valence-corrected chi connectivity index (χ0v) is 16.0. The maximum Gasteiger partial charge on any atom is 0.271 e. The van der Waals surface area contributed by atoms with Crippen LogP contribution in [0.3, 0.4) is 0 Å². The summed E-state index contributed by atoms with van der Waals surface area (Å²) in [6, 6.07) is 10.1. The molecule has 2 fully saturated rings. The Balaban J connectivity index is 1.32. The number of nitrogens with zero attached hydrogens (tertiary/aromatic N) is 2. The van der Waals surface area contributed by atoms with Crippen molar-refractivity contribution in [1.82, 2.24) is 20.4 Å². The molecular weight excluding hydrogens is 352 g/mol. The second kappa shape index (κ2) is 6.76. The number of piperidine rings is 1. The van der Waals surface area contributed by atoms with Gasteiger partial charge in [-0.2, -0.15) is 5.10 Å². The molecule has 3 aliphatic rings. The first kappa shape index (κ1) is 17.5. The van der Waals surface area contributed by atoms with E-state index in [-0.39, 0.29) is 23.1 Å². The minimum absolute atomic E-state index is 0.00292. The number of aromatic amines is 1. The molecule has 1 aromatic heterocycles. The van der Waals surface area contributed by atoms with E-state index in [0.29, 0.717) is 24.7 Å². The standard InChI is InChI=1S/C22H26N4O2/c27-20(23-14-15-5-6-15)17-13-22(18-4-2-1-3-16(17)18)8-11-26(12-9-22)21(28)19-7-10-24-25-19/h1-4,7,10,15,17H,5-6,8-9,11-14H2,(H,23,27)(H,24,25)/t17-/m0/s1. The number of carbonyl (C=O) groups is 2. The molecule has 1 spiro atoms. The first-order valence-electron chi connectivity index (χ1n) is 10.3. The molecule has 1 aromatic carbocycles. The van der Waals surface area contributed by atoms with Crippen molar-refractivity contribution in [3.63, 3.8) is 0 Å². The zero-order valence-electron chi connectivity index (χ0n) is 16.0. The second-order valence-corrected chi connectivity index (χ2v) is 8.58. The van der Waals surface area contributed by atoms with Gasteiger partial charge in [0.05, 0.1) is 5.92 Å². The Bertz CT molecular complexity index is 880. The van der Waals surface area contributed by atoms with Crippen LogP contribution in [0.15, 0.2) is 36.5 Å². The minimum atomic E-state index is -0.0650. The molecule has 28 heavy (non-hydrogen) atoms. The number of hydrogen-bond donors (Lipinski definition) is 2. The normalized spacial score (nSPS) is 22.9. The van der Waals surface area contributed by atoms with Gasteiger partial charge < -0.3 is 10.2 Å². The van der Waals surface area contributed by atoms with Gasteiger partial charge in [0, 0.05) is 31.2 Å². The summed E-state index contributed by atoms with van der Waals surface area (Å²) in [5.74, 6) is 0.806. The SMILES string of the molecule is O=C(NCC1CC1)[C@H]1CC2(CCN(C(=O)c3ccn[nH]3)CC2)c2ccccc21. The Labute approximate surface area is 164 Å². The number of carbonyl (C=O) groups excluding carboxylic acids is 2. The summed E-state index contributed by atoms with van der Waals surface area (Å²) in [6.45, 7) is 2.24. The van der Waals surface area contributed by atoms with Gasteiger partial charge in [0.1, 0.15) is 5.69 Å². The maximum atomic E-state index is 12.9. The fourth-order valence-corrected chi connectivity index (χ4v) is 4.98. The van der Waals surface area contributed by atoms with Crippen LogP contribution in [-0.4, -0.2) is 46.5 Å². The lowest BCUT2D eigenvalue weighted by atomic mass is 9.73. The van der Waals surface area contributed by atoms with E-state index in [1.807, 2.05) is 11.0 Å². The number of fused-ring (bicyclic) bond motifs is 2. The number of aromatic nitrogens is 2. The average Bonchev–Trinajstić information content (AvgIpc) is 3.29. The van der Waals surface area contributed by atoms with Crippen LogP contribution in [0, 0.1) is 5.92 Å². The molecule has 6 nitrogen and oxygen atoms in total. The van der Waals surface area contributed by atoms with Gasteiger partial charge in [0.15, 0.2) is 0 Å². The van der Waals surface area contributed by atoms with Crippen LogP contribution in [0.1, 0.15) is 59.6 Å². The van der Waals surface area contributed by atoms with E-state index < -0.39 is 0 Å². The van der Waals surface area contributed by atoms with Crippen LogP contribution in [0.2, 0.25) is 0 Å². The van der Waals surface area contributed by atoms with Crippen molar-refractivity contribution in [2.24, 2.45) is 5.92 Å². The summed E-state index contributed by atoms with van der Waals surface area (Å²) in [4.78, 5) is 27.4. The van der Waals surface area contributed by atoms with Gasteiger partial charge in [0.25, 0.3) is 5.91 Å². The van der Waals surface area contributed by atoms with Crippen molar-refractivity contribution in [1.29, 1.82) is 0 Å². The van der Waals surface area contributed by atoms with Gasteiger partial charge in [-0.15, -0.1) is 0 Å². The Morgan fingerprint density at radius 2 is 1.96 bits per heavy atom. The summed E-state index contributed by atoms with van der Waals surface area (Å²) in [5.41, 5.74) is 3.04. The van der Waals surface area contributed by atoms with Crippen LogP contribution in [0.5, 0.6) is 0 Å². The highest BCUT2D eigenvalue weighted by molar-refractivity contribution is 5.92. The van der Waals surface area contributed by atoms with Crippen molar-refractivity contribution < 1.29 is 9.59 Å². The monoisotopic (exact) mass is 378 g/mol. The molecule has 1 saturated heterocycles. The summed E-state index contributed by atoms with van der Waals surface area (Å²) < 4.78 is 0. The van der Waals surface area contributed by atoms with E-state index in [9.17, 15) is 9.59 Å². The number of rotatable bonds is 4. The lowest BCUT2D eigenvalue weighted by Gasteiger charge is -2.40. The molecule has 2 aliphatic carbocycles. The second-order valence-electron chi connectivity index (χ2n) is 8.58. The smallest absolute Gasteiger partial charge is 0.271 e. The average molecular weight is 378 g/mol. The molecule has 1 aliphatic heterocycles. The molecule has 2 amide bonds. The van der Waals surface area contributed by atoms with Gasteiger partial charge in [-0.05, 0) is 55.2 Å². The molecule has 0 bridgehead atoms. The quantitative estimate of drug-likeness (QED) is 0.858. The fourth-order valence-electron chi connectivity index (χ4n) is 4.98. The Morgan fingerprint density at radius 3 is 2.68 bits per heavy atom. The van der Waals surface area contributed by atoms with Gasteiger partial charge in [-0.25, -0.2) is 0 Å². The van der Waals surface area contributed by atoms with Crippen molar-refractivity contribution >= 4 is 11.8 Å². The third kappa shape index (κ3) is 3.01. The lowest BCUT2D eigenvalue weighted by Crippen LogP contribution is -2.44. The predicted molar refractivity (Wildman–Crippen MR) is 105 cm³/mol. The van der Waals surface area contributed by atoms with Crippen LogP contribution in [0.25, 0.3) is 0 Å². The summed E-state index contributed by atoms with van der Waals surface area (Å²) in [5, 5.41) is 9.83. The van der Waals surface area contributed by atoms with E-state index in [1.165, 1.54) is 24.0 Å². The molecule has 0 radical (unpaired) electrons. The molecule has 2 aromatic rings. The van der Waals surface area contributed by atoms with Crippen LogP contribution < -0.4 is 5.32 Å². The number of H-pyrrole nitrogens is 1. The van der Waals surface area contributed by atoms with Gasteiger partial charge in [0.2, 0.25) is 5.91 Å². The van der Waals surface area contributed by atoms with Gasteiger partial charge >= 0.3 is 0 Å². The topological polar surface area (TPSA) is 78.1 Å². The molecule has 1 saturated carbocycles. The van der Waals surface area contributed by atoms with Crippen molar-refractivity contribution in [2.45, 2.75) is 43.4 Å². The fraction of sp³-hybridized carbons (Fsp3) is 0.500. The predicted octanol–water partition coefficient (Wildman–Crippen LogP) is 2.60. The highest BCUT2D eigenvalue weighted by Gasteiger charge is 2.48.